The van der Waals surface area contributed by atoms with Crippen LogP contribution in [0.15, 0.2) is 30.3 Å². The molecule has 0 aliphatic rings. The summed E-state index contributed by atoms with van der Waals surface area (Å²) in [6, 6.07) is 8.89. The molecule has 1 N–H and O–H groups in total. The van der Waals surface area contributed by atoms with Gasteiger partial charge in [0, 0.05) is 22.0 Å². The van der Waals surface area contributed by atoms with Gasteiger partial charge in [0.1, 0.15) is 0 Å². The van der Waals surface area contributed by atoms with E-state index in [0.717, 1.165) is 17.0 Å². The number of hydrogen-bond acceptors (Lipinski definition) is 3. The number of hydrogen-bond donors (Lipinski definition) is 1. The highest BCUT2D eigenvalue weighted by Gasteiger charge is 2.26. The Morgan fingerprint density at radius 2 is 1.79 bits per heavy atom. The number of carbonyl (C=O) groups excluding carboxylic acids is 2. The first-order chi connectivity index (χ1) is 11.3. The van der Waals surface area contributed by atoms with E-state index in [0.29, 0.717) is 10.6 Å². The van der Waals surface area contributed by atoms with Crippen LogP contribution in [0.25, 0.3) is 0 Å². The van der Waals surface area contributed by atoms with Gasteiger partial charge in [0.15, 0.2) is 6.61 Å². The van der Waals surface area contributed by atoms with E-state index in [1.165, 1.54) is 0 Å². The fraction of sp³-hybridized carbons (Fsp3) is 0.368. The highest BCUT2D eigenvalue weighted by atomic mass is 35.5. The predicted molar refractivity (Wildman–Crippen MR) is 94.6 cm³/mol. The first kappa shape index (κ1) is 18.3. The molecule has 0 radical (unpaired) electrons. The van der Waals surface area contributed by atoms with Gasteiger partial charge in [0.05, 0.1) is 5.92 Å². The van der Waals surface area contributed by atoms with Crippen molar-refractivity contribution in [1.82, 2.24) is 4.98 Å². The molecule has 128 valence electrons. The maximum atomic E-state index is 12.5. The molecule has 24 heavy (non-hydrogen) atoms. The molecule has 1 atom stereocenters. The van der Waals surface area contributed by atoms with E-state index in [1.54, 1.807) is 18.2 Å². The smallest absolute Gasteiger partial charge is 0.314 e. The van der Waals surface area contributed by atoms with Crippen molar-refractivity contribution in [3.63, 3.8) is 0 Å². The largest absolute Gasteiger partial charge is 0.457 e. The van der Waals surface area contributed by atoms with Gasteiger partial charge >= 0.3 is 5.97 Å². The van der Waals surface area contributed by atoms with E-state index in [4.69, 9.17) is 16.3 Å². The van der Waals surface area contributed by atoms with Crippen LogP contribution in [0.5, 0.6) is 0 Å². The van der Waals surface area contributed by atoms with Gasteiger partial charge in [-0.15, -0.1) is 0 Å². The van der Waals surface area contributed by atoms with E-state index in [2.05, 4.69) is 4.98 Å². The fourth-order valence-corrected chi connectivity index (χ4v) is 2.91. The molecule has 0 aliphatic carbocycles. The summed E-state index contributed by atoms with van der Waals surface area (Å²) in [5.74, 6) is -0.983. The second-order valence-electron chi connectivity index (χ2n) is 6.30. The lowest BCUT2D eigenvalue weighted by Gasteiger charge is -2.19. The lowest BCUT2D eigenvalue weighted by atomic mass is 9.88. The zero-order chi connectivity index (χ0) is 17.9. The fourth-order valence-electron chi connectivity index (χ4n) is 2.78. The Hall–Kier alpha value is -2.07. The number of ether oxygens (including phenoxy) is 1. The van der Waals surface area contributed by atoms with Crippen molar-refractivity contribution in [1.29, 1.82) is 0 Å². The molecule has 4 nitrogen and oxygen atoms in total. The van der Waals surface area contributed by atoms with Crippen molar-refractivity contribution < 1.29 is 14.3 Å². The standard InChI is InChI=1S/C19H22ClNO3/c1-11(2)18(14-5-7-15(20)8-6-14)19(23)24-10-17(22)16-9-12(3)21-13(16)4/h5-9,11,18,21H,10H2,1-4H3/t18-/m0/s1. The van der Waals surface area contributed by atoms with Gasteiger partial charge in [-0.25, -0.2) is 0 Å². The third-order valence-corrected chi connectivity index (χ3v) is 4.20. The van der Waals surface area contributed by atoms with Crippen LogP contribution in [0.3, 0.4) is 0 Å². The molecule has 1 heterocycles. The third-order valence-electron chi connectivity index (χ3n) is 3.95. The number of rotatable bonds is 6. The number of aromatic amines is 1. The molecular weight excluding hydrogens is 326 g/mol. The quantitative estimate of drug-likeness (QED) is 0.620. The summed E-state index contributed by atoms with van der Waals surface area (Å²) in [6.07, 6.45) is 0. The Kier molecular flexibility index (Phi) is 5.84. The third kappa shape index (κ3) is 4.26. The lowest BCUT2D eigenvalue weighted by molar-refractivity contribution is -0.145. The number of ketones is 1. The highest BCUT2D eigenvalue weighted by molar-refractivity contribution is 6.30. The number of carbonyl (C=O) groups is 2. The van der Waals surface area contributed by atoms with Crippen molar-refractivity contribution in [3.8, 4) is 0 Å². The van der Waals surface area contributed by atoms with E-state index in [-0.39, 0.29) is 18.3 Å². The van der Waals surface area contributed by atoms with Gasteiger partial charge in [0.2, 0.25) is 5.78 Å². The molecule has 0 saturated carbocycles. The zero-order valence-electron chi connectivity index (χ0n) is 14.4. The summed E-state index contributed by atoms with van der Waals surface area (Å²) >= 11 is 5.90. The van der Waals surface area contributed by atoms with E-state index >= 15 is 0 Å². The Morgan fingerprint density at radius 3 is 2.29 bits per heavy atom. The first-order valence-corrected chi connectivity index (χ1v) is 8.29. The minimum atomic E-state index is -0.427. The van der Waals surface area contributed by atoms with E-state index in [9.17, 15) is 9.59 Å². The molecule has 5 heteroatoms. The number of aryl methyl sites for hydroxylation is 2. The van der Waals surface area contributed by atoms with Crippen molar-refractivity contribution in [3.05, 3.63) is 57.9 Å². The van der Waals surface area contributed by atoms with Crippen LogP contribution in [0.1, 0.15) is 47.1 Å². The highest BCUT2D eigenvalue weighted by Crippen LogP contribution is 2.27. The van der Waals surface area contributed by atoms with Crippen LogP contribution < -0.4 is 0 Å². The molecule has 2 aromatic rings. The SMILES string of the molecule is Cc1cc(C(=O)COC(=O)[C@H](c2ccc(Cl)cc2)C(C)C)c(C)[nH]1. The van der Waals surface area contributed by atoms with Crippen LogP contribution in [-0.2, 0) is 9.53 Å². The number of esters is 1. The van der Waals surface area contributed by atoms with Gasteiger partial charge in [0.25, 0.3) is 0 Å². The summed E-state index contributed by atoms with van der Waals surface area (Å²) in [6.45, 7) is 7.34. The number of benzene rings is 1. The molecular formula is C19H22ClNO3. The van der Waals surface area contributed by atoms with Gasteiger partial charge in [-0.3, -0.25) is 9.59 Å². The van der Waals surface area contributed by atoms with Crippen LogP contribution in [0, 0.1) is 19.8 Å². The molecule has 0 bridgehead atoms. The summed E-state index contributed by atoms with van der Waals surface area (Å²) in [5.41, 5.74) is 3.09. The van der Waals surface area contributed by atoms with Crippen LogP contribution in [-0.4, -0.2) is 23.3 Å². The first-order valence-electron chi connectivity index (χ1n) is 7.91. The average molecular weight is 348 g/mol. The van der Waals surface area contributed by atoms with Crippen molar-refractivity contribution >= 4 is 23.4 Å². The number of nitrogens with one attached hydrogen (secondary N) is 1. The summed E-state index contributed by atoms with van der Waals surface area (Å²) in [4.78, 5) is 27.8. The van der Waals surface area contributed by atoms with Gasteiger partial charge in [-0.2, -0.15) is 0 Å². The molecule has 0 spiro atoms. The molecule has 2 rings (SSSR count). The zero-order valence-corrected chi connectivity index (χ0v) is 15.1. The Balaban J connectivity index is 2.07. The predicted octanol–water partition coefficient (Wildman–Crippen LogP) is 4.45. The maximum absolute atomic E-state index is 12.5. The van der Waals surface area contributed by atoms with Crippen molar-refractivity contribution in [2.24, 2.45) is 5.92 Å². The molecule has 0 fully saturated rings. The van der Waals surface area contributed by atoms with Crippen LogP contribution in [0.2, 0.25) is 5.02 Å². The lowest BCUT2D eigenvalue weighted by Crippen LogP contribution is -2.23. The summed E-state index contributed by atoms with van der Waals surface area (Å²) < 4.78 is 5.30. The van der Waals surface area contributed by atoms with Crippen LogP contribution >= 0.6 is 11.6 Å². The van der Waals surface area contributed by atoms with E-state index < -0.39 is 11.9 Å². The van der Waals surface area contributed by atoms with Gasteiger partial charge < -0.3 is 9.72 Å². The Labute approximate surface area is 147 Å². The Morgan fingerprint density at radius 1 is 1.17 bits per heavy atom. The monoisotopic (exact) mass is 347 g/mol. The molecule has 1 aromatic heterocycles. The van der Waals surface area contributed by atoms with Crippen LogP contribution in [0.4, 0.5) is 0 Å². The molecule has 0 amide bonds. The molecule has 1 aromatic carbocycles. The normalized spacial score (nSPS) is 12.2. The second kappa shape index (κ2) is 7.67. The molecule has 0 unspecified atom stereocenters. The van der Waals surface area contributed by atoms with E-state index in [1.807, 2.05) is 39.8 Å². The van der Waals surface area contributed by atoms with Gasteiger partial charge in [-0.05, 0) is 43.5 Å². The minimum Gasteiger partial charge on any atom is -0.457 e. The minimum absolute atomic E-state index is 0.0463. The number of Topliss-reactive ketones (excluding diaryl/α,β-unsaturated/α-hetero) is 1. The number of halogens is 1. The van der Waals surface area contributed by atoms with Gasteiger partial charge in [-0.1, -0.05) is 37.6 Å². The topological polar surface area (TPSA) is 59.2 Å². The average Bonchev–Trinajstić information content (AvgIpc) is 2.85. The molecule has 0 aliphatic heterocycles. The summed E-state index contributed by atoms with van der Waals surface area (Å²) in [5, 5.41) is 0.614. The summed E-state index contributed by atoms with van der Waals surface area (Å²) in [7, 11) is 0. The Bertz CT molecular complexity index is 732. The molecule has 0 saturated heterocycles. The number of aromatic nitrogens is 1. The maximum Gasteiger partial charge on any atom is 0.314 e. The van der Waals surface area contributed by atoms with Crippen molar-refractivity contribution in [2.45, 2.75) is 33.6 Å². The second-order valence-corrected chi connectivity index (χ2v) is 6.73. The number of H-pyrrole nitrogens is 1. The van der Waals surface area contributed by atoms with Crippen molar-refractivity contribution in [2.75, 3.05) is 6.61 Å².